The molecule has 90 valence electrons. The van der Waals surface area contributed by atoms with Crippen LogP contribution < -0.4 is 5.32 Å². The zero-order chi connectivity index (χ0) is 12.3. The summed E-state index contributed by atoms with van der Waals surface area (Å²) in [5, 5.41) is 2.22. The Morgan fingerprint density at radius 1 is 1.38 bits per heavy atom. The fraction of sp³-hybridized carbons (Fsp3) is 0.400. The van der Waals surface area contributed by atoms with Crippen molar-refractivity contribution in [2.75, 3.05) is 6.54 Å². The molecule has 0 amide bonds. The third-order valence-electron chi connectivity index (χ3n) is 2.00. The number of hydrogen-bond donors (Lipinski definition) is 1. The van der Waals surface area contributed by atoms with Crippen LogP contribution in [0.5, 0.6) is 0 Å². The Labute approximate surface area is 99.0 Å². The summed E-state index contributed by atoms with van der Waals surface area (Å²) in [7, 11) is 0. The van der Waals surface area contributed by atoms with Crippen molar-refractivity contribution in [1.82, 2.24) is 5.32 Å². The first-order valence-corrected chi connectivity index (χ1v) is 5.40. The third-order valence-corrected chi connectivity index (χ3v) is 2.50. The van der Waals surface area contributed by atoms with Crippen LogP contribution in [0.3, 0.4) is 0 Å². The molecule has 1 atom stereocenters. The van der Waals surface area contributed by atoms with Gasteiger partial charge in [-0.05, 0) is 24.7 Å². The normalized spacial score (nSPS) is 13.9. The van der Waals surface area contributed by atoms with E-state index in [0.29, 0.717) is 4.47 Å². The van der Waals surface area contributed by atoms with Crippen molar-refractivity contribution in [3.8, 4) is 0 Å². The van der Waals surface area contributed by atoms with Crippen molar-refractivity contribution in [3.63, 3.8) is 0 Å². The predicted octanol–water partition coefficient (Wildman–Crippen LogP) is 3.80. The molecule has 0 aliphatic carbocycles. The van der Waals surface area contributed by atoms with Crippen LogP contribution in [0.2, 0.25) is 0 Å². The molecular formula is C10H10BrF4N. The molecule has 0 spiro atoms. The molecule has 0 bridgehead atoms. The van der Waals surface area contributed by atoms with E-state index in [1.165, 1.54) is 13.0 Å². The van der Waals surface area contributed by atoms with Crippen molar-refractivity contribution in [3.05, 3.63) is 34.1 Å². The zero-order valence-electron chi connectivity index (χ0n) is 8.41. The highest BCUT2D eigenvalue weighted by Gasteiger charge is 2.41. The first-order chi connectivity index (χ1) is 7.36. The van der Waals surface area contributed by atoms with Crippen molar-refractivity contribution in [1.29, 1.82) is 0 Å². The molecule has 1 N–H and O–H groups in total. The Hall–Kier alpha value is -0.620. The lowest BCUT2D eigenvalue weighted by atomic mass is 10.1. The maximum Gasteiger partial charge on any atom is 0.408 e. The number of nitrogens with one attached hydrogen (secondary N) is 1. The molecule has 0 heterocycles. The van der Waals surface area contributed by atoms with E-state index >= 15 is 0 Å². The van der Waals surface area contributed by atoms with Crippen LogP contribution >= 0.6 is 15.9 Å². The molecule has 1 nitrogen and oxygen atoms in total. The van der Waals surface area contributed by atoms with Crippen molar-refractivity contribution >= 4 is 15.9 Å². The van der Waals surface area contributed by atoms with Gasteiger partial charge in [0.15, 0.2) is 0 Å². The second-order valence-electron chi connectivity index (χ2n) is 3.20. The van der Waals surface area contributed by atoms with Crippen LogP contribution in [-0.2, 0) is 0 Å². The van der Waals surface area contributed by atoms with E-state index in [0.717, 1.165) is 12.1 Å². The van der Waals surface area contributed by atoms with E-state index in [1.807, 2.05) is 0 Å². The lowest BCUT2D eigenvalue weighted by molar-refractivity contribution is -0.158. The fourth-order valence-electron chi connectivity index (χ4n) is 1.34. The molecule has 1 rings (SSSR count). The average Bonchev–Trinajstić information content (AvgIpc) is 2.17. The van der Waals surface area contributed by atoms with Gasteiger partial charge < -0.3 is 5.32 Å². The summed E-state index contributed by atoms with van der Waals surface area (Å²) in [5.74, 6) is -0.869. The summed E-state index contributed by atoms with van der Waals surface area (Å²) in [6.45, 7) is 1.64. The number of hydrogen-bond acceptors (Lipinski definition) is 1. The van der Waals surface area contributed by atoms with Gasteiger partial charge in [-0.1, -0.05) is 22.9 Å². The maximum absolute atomic E-state index is 13.3. The van der Waals surface area contributed by atoms with E-state index in [2.05, 4.69) is 21.2 Å². The fourth-order valence-corrected chi connectivity index (χ4v) is 1.72. The number of alkyl halides is 3. The topological polar surface area (TPSA) is 12.0 Å². The van der Waals surface area contributed by atoms with Crippen LogP contribution in [0.25, 0.3) is 0 Å². The van der Waals surface area contributed by atoms with Crippen molar-refractivity contribution < 1.29 is 17.6 Å². The van der Waals surface area contributed by atoms with Gasteiger partial charge in [-0.2, -0.15) is 13.2 Å². The Morgan fingerprint density at radius 2 is 2.00 bits per heavy atom. The van der Waals surface area contributed by atoms with Crippen LogP contribution in [-0.4, -0.2) is 12.7 Å². The molecule has 1 unspecified atom stereocenters. The lowest BCUT2D eigenvalue weighted by Crippen LogP contribution is -2.34. The summed E-state index contributed by atoms with van der Waals surface area (Å²) in [5.41, 5.74) is -0.399. The average molecular weight is 300 g/mol. The molecule has 6 heteroatoms. The second-order valence-corrected chi connectivity index (χ2v) is 4.11. The Balaban J connectivity index is 3.15. The van der Waals surface area contributed by atoms with E-state index < -0.39 is 23.6 Å². The third kappa shape index (κ3) is 3.18. The van der Waals surface area contributed by atoms with Crippen molar-refractivity contribution in [2.24, 2.45) is 0 Å². The highest BCUT2D eigenvalue weighted by atomic mass is 79.9. The molecule has 1 aromatic carbocycles. The monoisotopic (exact) mass is 299 g/mol. The van der Waals surface area contributed by atoms with Crippen LogP contribution in [0.15, 0.2) is 22.7 Å². The molecule has 1 aromatic rings. The molecule has 0 saturated heterocycles. The lowest BCUT2D eigenvalue weighted by Gasteiger charge is -2.22. The highest BCUT2D eigenvalue weighted by Crippen LogP contribution is 2.34. The van der Waals surface area contributed by atoms with Gasteiger partial charge in [-0.3, -0.25) is 0 Å². The Morgan fingerprint density at radius 3 is 2.50 bits per heavy atom. The van der Waals surface area contributed by atoms with E-state index in [-0.39, 0.29) is 6.54 Å². The minimum Gasteiger partial charge on any atom is -0.303 e. The quantitative estimate of drug-likeness (QED) is 0.837. The van der Waals surface area contributed by atoms with Gasteiger partial charge in [-0.15, -0.1) is 0 Å². The van der Waals surface area contributed by atoms with Gasteiger partial charge in [0.1, 0.15) is 11.9 Å². The second kappa shape index (κ2) is 5.14. The first kappa shape index (κ1) is 13.4. The Bertz CT molecular complexity index is 364. The number of rotatable bonds is 3. The summed E-state index contributed by atoms with van der Waals surface area (Å²) < 4.78 is 51.7. The summed E-state index contributed by atoms with van der Waals surface area (Å²) in [6.07, 6.45) is -4.52. The molecular weight excluding hydrogens is 290 g/mol. The molecule has 0 saturated carbocycles. The van der Waals surface area contributed by atoms with Crippen molar-refractivity contribution in [2.45, 2.75) is 19.1 Å². The molecule has 0 aliphatic heterocycles. The van der Waals surface area contributed by atoms with Crippen LogP contribution in [0.1, 0.15) is 18.5 Å². The zero-order valence-corrected chi connectivity index (χ0v) is 9.99. The van der Waals surface area contributed by atoms with Gasteiger partial charge in [0.05, 0.1) is 0 Å². The number of halogens is 5. The van der Waals surface area contributed by atoms with Gasteiger partial charge in [0, 0.05) is 10.0 Å². The molecule has 16 heavy (non-hydrogen) atoms. The smallest absolute Gasteiger partial charge is 0.303 e. The largest absolute Gasteiger partial charge is 0.408 e. The standard InChI is InChI=1S/C10H10BrF4N/c1-2-16-9(10(13,14)15)7-5-6(11)3-4-8(7)12/h3-5,9,16H,2H2,1H3. The van der Waals surface area contributed by atoms with E-state index in [9.17, 15) is 17.6 Å². The van der Waals surface area contributed by atoms with Crippen LogP contribution in [0.4, 0.5) is 17.6 Å². The summed E-state index contributed by atoms with van der Waals surface area (Å²) >= 11 is 3.02. The first-order valence-electron chi connectivity index (χ1n) is 4.61. The van der Waals surface area contributed by atoms with Gasteiger partial charge in [-0.25, -0.2) is 4.39 Å². The minimum atomic E-state index is -4.52. The highest BCUT2D eigenvalue weighted by molar-refractivity contribution is 9.10. The van der Waals surface area contributed by atoms with E-state index in [4.69, 9.17) is 0 Å². The predicted molar refractivity (Wildman–Crippen MR) is 56.6 cm³/mol. The molecule has 0 aliphatic rings. The molecule has 0 fully saturated rings. The minimum absolute atomic E-state index is 0.107. The van der Waals surface area contributed by atoms with Gasteiger partial charge in [0.25, 0.3) is 0 Å². The molecule has 0 radical (unpaired) electrons. The van der Waals surface area contributed by atoms with Crippen LogP contribution in [0, 0.1) is 5.82 Å². The van der Waals surface area contributed by atoms with Gasteiger partial charge in [0.2, 0.25) is 0 Å². The molecule has 0 aromatic heterocycles. The summed E-state index contributed by atoms with van der Waals surface area (Å²) in [4.78, 5) is 0. The SMILES string of the molecule is CCNC(c1cc(Br)ccc1F)C(F)(F)F. The van der Waals surface area contributed by atoms with E-state index in [1.54, 1.807) is 0 Å². The Kier molecular flexibility index (Phi) is 4.32. The summed E-state index contributed by atoms with van der Waals surface area (Å²) in [6, 6.07) is 1.53. The maximum atomic E-state index is 13.3. The van der Waals surface area contributed by atoms with Gasteiger partial charge >= 0.3 is 6.18 Å². The number of benzene rings is 1.